The van der Waals surface area contributed by atoms with Gasteiger partial charge in [-0.2, -0.15) is 0 Å². The molecule has 0 aromatic carbocycles. The van der Waals surface area contributed by atoms with Crippen molar-refractivity contribution in [3.8, 4) is 0 Å². The molecule has 102 valence electrons. The van der Waals surface area contributed by atoms with Crippen LogP contribution in [0.25, 0.3) is 10.2 Å². The third-order valence-electron chi connectivity index (χ3n) is 3.74. The van der Waals surface area contributed by atoms with Crippen molar-refractivity contribution in [2.75, 3.05) is 6.54 Å². The van der Waals surface area contributed by atoms with Crippen LogP contribution in [-0.2, 0) is 6.54 Å². The Hall–Kier alpha value is -1.20. The second-order valence-corrected chi connectivity index (χ2v) is 6.49. The number of aromatic nitrogens is 2. The minimum absolute atomic E-state index is 0.110. The molecule has 0 saturated heterocycles. The van der Waals surface area contributed by atoms with Crippen LogP contribution in [0, 0.1) is 13.8 Å². The van der Waals surface area contributed by atoms with Crippen LogP contribution in [0.3, 0.4) is 0 Å². The highest BCUT2D eigenvalue weighted by molar-refractivity contribution is 7.18. The summed E-state index contributed by atoms with van der Waals surface area (Å²) in [7, 11) is 0. The van der Waals surface area contributed by atoms with Gasteiger partial charge in [-0.15, -0.1) is 11.3 Å². The van der Waals surface area contributed by atoms with Gasteiger partial charge < -0.3 is 5.32 Å². The van der Waals surface area contributed by atoms with Crippen LogP contribution in [-0.4, -0.2) is 22.1 Å². The summed E-state index contributed by atoms with van der Waals surface area (Å²) in [4.78, 5) is 18.9. The molecule has 19 heavy (non-hydrogen) atoms. The van der Waals surface area contributed by atoms with Crippen LogP contribution >= 0.6 is 11.3 Å². The Morgan fingerprint density at radius 1 is 1.47 bits per heavy atom. The van der Waals surface area contributed by atoms with Gasteiger partial charge in [-0.05, 0) is 45.2 Å². The Balaban J connectivity index is 1.77. The van der Waals surface area contributed by atoms with Gasteiger partial charge in [0.2, 0.25) is 0 Å². The van der Waals surface area contributed by atoms with Crippen molar-refractivity contribution in [3.63, 3.8) is 0 Å². The van der Waals surface area contributed by atoms with Gasteiger partial charge in [-0.1, -0.05) is 0 Å². The maximum absolute atomic E-state index is 12.4. The van der Waals surface area contributed by atoms with Gasteiger partial charge in [-0.3, -0.25) is 9.36 Å². The molecule has 4 nitrogen and oxygen atoms in total. The number of thiophene rings is 1. The van der Waals surface area contributed by atoms with Crippen molar-refractivity contribution in [2.24, 2.45) is 0 Å². The predicted molar refractivity (Wildman–Crippen MR) is 79.0 cm³/mol. The lowest BCUT2D eigenvalue weighted by atomic mass is 10.2. The smallest absolute Gasteiger partial charge is 0.262 e. The van der Waals surface area contributed by atoms with Crippen molar-refractivity contribution in [1.29, 1.82) is 0 Å². The lowest BCUT2D eigenvalue weighted by Gasteiger charge is -2.06. The number of hydrogen-bond donors (Lipinski definition) is 1. The zero-order valence-electron chi connectivity index (χ0n) is 11.4. The maximum Gasteiger partial charge on any atom is 0.262 e. The molecule has 1 N–H and O–H groups in total. The number of hydrogen-bond acceptors (Lipinski definition) is 4. The van der Waals surface area contributed by atoms with E-state index in [0.29, 0.717) is 0 Å². The topological polar surface area (TPSA) is 46.9 Å². The van der Waals surface area contributed by atoms with Gasteiger partial charge in [0, 0.05) is 17.5 Å². The third-order valence-corrected chi connectivity index (χ3v) is 4.86. The van der Waals surface area contributed by atoms with E-state index >= 15 is 0 Å². The lowest BCUT2D eigenvalue weighted by Crippen LogP contribution is -2.24. The minimum Gasteiger partial charge on any atom is -0.314 e. The minimum atomic E-state index is 0.110. The van der Waals surface area contributed by atoms with Crippen molar-refractivity contribution >= 4 is 21.6 Å². The fourth-order valence-electron chi connectivity index (χ4n) is 2.27. The highest BCUT2D eigenvalue weighted by atomic mass is 32.1. The molecule has 0 bridgehead atoms. The van der Waals surface area contributed by atoms with Gasteiger partial charge >= 0.3 is 0 Å². The van der Waals surface area contributed by atoms with Crippen molar-refractivity contribution in [3.05, 3.63) is 27.1 Å². The van der Waals surface area contributed by atoms with Gasteiger partial charge in [-0.25, -0.2) is 4.98 Å². The van der Waals surface area contributed by atoms with E-state index in [1.54, 1.807) is 22.2 Å². The van der Waals surface area contributed by atoms with E-state index < -0.39 is 0 Å². The molecule has 0 unspecified atom stereocenters. The Bertz CT molecular complexity index is 654. The molecule has 5 heteroatoms. The number of aryl methyl sites for hydroxylation is 3. The van der Waals surface area contributed by atoms with Gasteiger partial charge in [0.25, 0.3) is 5.56 Å². The zero-order chi connectivity index (χ0) is 13.4. The highest BCUT2D eigenvalue weighted by Gasteiger charge is 2.19. The first-order chi connectivity index (χ1) is 9.16. The largest absolute Gasteiger partial charge is 0.314 e. The number of nitrogens with one attached hydrogen (secondary N) is 1. The van der Waals surface area contributed by atoms with E-state index in [1.165, 1.54) is 17.7 Å². The average Bonchev–Trinajstić information content (AvgIpc) is 3.15. The lowest BCUT2D eigenvalue weighted by molar-refractivity contribution is 0.566. The number of rotatable bonds is 5. The molecule has 0 spiro atoms. The maximum atomic E-state index is 12.4. The van der Waals surface area contributed by atoms with Crippen molar-refractivity contribution < 1.29 is 0 Å². The van der Waals surface area contributed by atoms with Crippen LogP contribution in [0.2, 0.25) is 0 Å². The second-order valence-electron chi connectivity index (χ2n) is 5.29. The monoisotopic (exact) mass is 277 g/mol. The first-order valence-electron chi connectivity index (χ1n) is 6.85. The fraction of sp³-hybridized carbons (Fsp3) is 0.571. The molecule has 2 aromatic rings. The number of nitrogens with zero attached hydrogens (tertiary/aromatic N) is 2. The molecule has 0 atom stereocenters. The average molecular weight is 277 g/mol. The summed E-state index contributed by atoms with van der Waals surface area (Å²) in [5.74, 6) is 0. The molecule has 0 amide bonds. The first-order valence-corrected chi connectivity index (χ1v) is 7.67. The highest BCUT2D eigenvalue weighted by Crippen LogP contribution is 2.25. The molecule has 1 aliphatic rings. The molecule has 1 aliphatic carbocycles. The van der Waals surface area contributed by atoms with E-state index in [9.17, 15) is 4.79 Å². The summed E-state index contributed by atoms with van der Waals surface area (Å²) in [6.07, 6.45) is 5.28. The van der Waals surface area contributed by atoms with E-state index in [4.69, 9.17) is 0 Å². The molecular weight excluding hydrogens is 258 g/mol. The van der Waals surface area contributed by atoms with Crippen LogP contribution in [0.5, 0.6) is 0 Å². The standard InChI is InChI=1S/C14H19N3OS/c1-9-10(2)19-13-12(9)14(18)17(8-16-13)7-3-6-15-11-4-5-11/h8,11,15H,3-7H2,1-2H3. The molecular formula is C14H19N3OS. The molecule has 0 radical (unpaired) electrons. The van der Waals surface area contributed by atoms with Crippen LogP contribution < -0.4 is 10.9 Å². The molecule has 3 rings (SSSR count). The van der Waals surface area contributed by atoms with Crippen LogP contribution in [0.1, 0.15) is 29.7 Å². The predicted octanol–water partition coefficient (Wildman–Crippen LogP) is 2.22. The SMILES string of the molecule is Cc1sc2ncn(CCCNC3CC3)c(=O)c2c1C. The van der Waals surface area contributed by atoms with E-state index in [1.807, 2.05) is 13.8 Å². The second kappa shape index (κ2) is 5.06. The Morgan fingerprint density at radius 3 is 3.00 bits per heavy atom. The van der Waals surface area contributed by atoms with E-state index in [-0.39, 0.29) is 5.56 Å². The normalized spacial score (nSPS) is 15.3. The summed E-state index contributed by atoms with van der Waals surface area (Å²) in [6, 6.07) is 0.735. The molecule has 2 heterocycles. The van der Waals surface area contributed by atoms with E-state index in [2.05, 4.69) is 10.3 Å². The molecule has 1 fully saturated rings. The quantitative estimate of drug-likeness (QED) is 0.852. The summed E-state index contributed by atoms with van der Waals surface area (Å²) in [5, 5.41) is 4.27. The molecule has 2 aromatic heterocycles. The van der Waals surface area contributed by atoms with Gasteiger partial charge in [0.05, 0.1) is 11.7 Å². The first kappa shape index (κ1) is 12.8. The van der Waals surface area contributed by atoms with Crippen LogP contribution in [0.4, 0.5) is 0 Å². The summed E-state index contributed by atoms with van der Waals surface area (Å²) >= 11 is 1.61. The Kier molecular flexibility index (Phi) is 3.41. The van der Waals surface area contributed by atoms with Crippen LogP contribution in [0.15, 0.2) is 11.1 Å². The molecule has 0 aliphatic heterocycles. The summed E-state index contributed by atoms with van der Waals surface area (Å²) in [5.41, 5.74) is 1.20. The Morgan fingerprint density at radius 2 is 2.26 bits per heavy atom. The molecule has 1 saturated carbocycles. The van der Waals surface area contributed by atoms with E-state index in [0.717, 1.165) is 41.3 Å². The van der Waals surface area contributed by atoms with Gasteiger partial charge in [0.1, 0.15) is 4.83 Å². The van der Waals surface area contributed by atoms with Crippen molar-refractivity contribution in [2.45, 2.75) is 45.7 Å². The third kappa shape index (κ3) is 2.58. The summed E-state index contributed by atoms with van der Waals surface area (Å²) < 4.78 is 1.75. The van der Waals surface area contributed by atoms with Crippen molar-refractivity contribution in [1.82, 2.24) is 14.9 Å². The Labute approximate surface area is 116 Å². The van der Waals surface area contributed by atoms with Gasteiger partial charge in [0.15, 0.2) is 0 Å². The number of fused-ring (bicyclic) bond motifs is 1. The zero-order valence-corrected chi connectivity index (χ0v) is 12.2. The fourth-order valence-corrected chi connectivity index (χ4v) is 3.26. The summed E-state index contributed by atoms with van der Waals surface area (Å²) in [6.45, 7) is 5.79.